The fourth-order valence-electron chi connectivity index (χ4n) is 3.56. The van der Waals surface area contributed by atoms with Crippen LogP contribution in [0.2, 0.25) is 0 Å². The molecule has 3 N–H and O–H groups in total. The first-order valence-electron chi connectivity index (χ1n) is 8.70. The van der Waals surface area contributed by atoms with Crippen molar-refractivity contribution in [1.82, 2.24) is 20.3 Å². The second kappa shape index (κ2) is 8.39. The van der Waals surface area contributed by atoms with E-state index < -0.39 is 10.0 Å². The monoisotopic (exact) mass is 410 g/mol. The third kappa shape index (κ3) is 4.68. The molecule has 3 heterocycles. The van der Waals surface area contributed by atoms with Crippen LogP contribution in [0.15, 0.2) is 21.7 Å². The number of nitrogens with zero attached hydrogens (tertiary/aromatic N) is 1. The summed E-state index contributed by atoms with van der Waals surface area (Å²) < 4.78 is 27.9. The fourth-order valence-corrected chi connectivity index (χ4v) is 5.81. The van der Waals surface area contributed by atoms with Crippen LogP contribution in [0.25, 0.3) is 0 Å². The second-order valence-electron chi connectivity index (χ2n) is 6.62. The number of sulfonamides is 1. The molecule has 0 radical (unpaired) electrons. The van der Waals surface area contributed by atoms with Gasteiger partial charge in [-0.15, -0.1) is 17.8 Å². The lowest BCUT2D eigenvalue weighted by Crippen LogP contribution is -2.58. The van der Waals surface area contributed by atoms with Crippen LogP contribution < -0.4 is 15.4 Å². The van der Waals surface area contributed by atoms with Gasteiger partial charge in [0, 0.05) is 31.6 Å². The maximum atomic E-state index is 12.4. The quantitative estimate of drug-likeness (QED) is 0.525. The number of carbonyl (C=O) groups excluding carboxylic acids is 2. The predicted molar refractivity (Wildman–Crippen MR) is 101 cm³/mol. The zero-order valence-electron chi connectivity index (χ0n) is 14.7. The van der Waals surface area contributed by atoms with Gasteiger partial charge in [0.05, 0.1) is 12.6 Å². The predicted octanol–water partition coefficient (Wildman–Crippen LogP) is -0.503. The van der Waals surface area contributed by atoms with Crippen molar-refractivity contribution in [2.45, 2.75) is 41.6 Å². The zero-order valence-corrected chi connectivity index (χ0v) is 16.3. The molecule has 0 aliphatic carbocycles. The Morgan fingerprint density at radius 2 is 2.30 bits per heavy atom. The summed E-state index contributed by atoms with van der Waals surface area (Å²) in [6.07, 6.45) is 6.41. The van der Waals surface area contributed by atoms with Crippen molar-refractivity contribution in [2.75, 3.05) is 19.6 Å². The molecule has 146 valence electrons. The third-order valence-corrected chi connectivity index (χ3v) is 7.71. The van der Waals surface area contributed by atoms with E-state index in [0.29, 0.717) is 32.4 Å². The first-order chi connectivity index (χ1) is 12.9. The first kappa shape index (κ1) is 19.8. The van der Waals surface area contributed by atoms with Gasteiger partial charge in [0.15, 0.2) is 0 Å². The Bertz CT molecular complexity index is 832. The molecule has 27 heavy (non-hydrogen) atoms. The highest BCUT2D eigenvalue weighted by Crippen LogP contribution is 2.27. The van der Waals surface area contributed by atoms with Crippen molar-refractivity contribution < 1.29 is 18.0 Å². The van der Waals surface area contributed by atoms with E-state index in [1.807, 2.05) is 4.90 Å². The smallest absolute Gasteiger partial charge is 0.250 e. The lowest BCUT2D eigenvalue weighted by Gasteiger charge is -2.37. The molecule has 1 aromatic heterocycles. The van der Waals surface area contributed by atoms with Gasteiger partial charge in [-0.3, -0.25) is 14.5 Å². The number of thiophene rings is 1. The van der Waals surface area contributed by atoms with Crippen molar-refractivity contribution in [2.24, 2.45) is 0 Å². The number of rotatable bonds is 7. The number of hydrogen-bond donors (Lipinski definition) is 3. The normalized spacial score (nSPS) is 25.4. The molecule has 2 fully saturated rings. The molecule has 2 saturated heterocycles. The summed E-state index contributed by atoms with van der Waals surface area (Å²) in [6, 6.07) is 2.50. The van der Waals surface area contributed by atoms with E-state index in [2.05, 4.69) is 21.3 Å². The molecular weight excluding hydrogens is 388 g/mol. The van der Waals surface area contributed by atoms with Crippen LogP contribution in [0, 0.1) is 12.3 Å². The van der Waals surface area contributed by atoms with Crippen LogP contribution in [0.5, 0.6) is 0 Å². The Morgan fingerprint density at radius 3 is 3.00 bits per heavy atom. The molecule has 3 unspecified atom stereocenters. The highest BCUT2D eigenvalue weighted by Gasteiger charge is 2.44. The van der Waals surface area contributed by atoms with Gasteiger partial charge >= 0.3 is 0 Å². The minimum Gasteiger partial charge on any atom is -0.353 e. The molecular formula is C17H22N4O4S2. The number of terminal acetylenes is 1. The summed E-state index contributed by atoms with van der Waals surface area (Å²) in [6.45, 7) is 1.08. The number of carbonyl (C=O) groups is 2. The average molecular weight is 411 g/mol. The lowest BCUT2D eigenvalue weighted by atomic mass is 10.0. The molecule has 10 heteroatoms. The maximum Gasteiger partial charge on any atom is 0.250 e. The van der Waals surface area contributed by atoms with E-state index in [1.54, 1.807) is 17.5 Å². The van der Waals surface area contributed by atoms with Crippen molar-refractivity contribution in [3.05, 3.63) is 17.5 Å². The average Bonchev–Trinajstić information content (AvgIpc) is 3.29. The summed E-state index contributed by atoms with van der Waals surface area (Å²) in [5.41, 5.74) is 0. The first-order valence-corrected chi connectivity index (χ1v) is 11.1. The molecule has 1 aromatic rings. The van der Waals surface area contributed by atoms with E-state index in [4.69, 9.17) is 6.42 Å². The lowest BCUT2D eigenvalue weighted by molar-refractivity contribution is -0.129. The molecule has 0 aromatic carbocycles. The van der Waals surface area contributed by atoms with Crippen LogP contribution >= 0.6 is 11.3 Å². The van der Waals surface area contributed by atoms with E-state index in [0.717, 1.165) is 11.3 Å². The van der Waals surface area contributed by atoms with Gasteiger partial charge in [-0.05, 0) is 24.3 Å². The minimum atomic E-state index is -3.59. The number of fused-ring (bicyclic) bond motifs is 1. The molecule has 0 saturated carbocycles. The van der Waals surface area contributed by atoms with Gasteiger partial charge in [0.1, 0.15) is 4.21 Å². The minimum absolute atomic E-state index is 0.0134. The van der Waals surface area contributed by atoms with Gasteiger partial charge in [0.2, 0.25) is 21.8 Å². The van der Waals surface area contributed by atoms with Gasteiger partial charge in [-0.2, -0.15) is 0 Å². The Labute approximate surface area is 162 Å². The van der Waals surface area contributed by atoms with E-state index >= 15 is 0 Å². The van der Waals surface area contributed by atoms with Crippen molar-refractivity contribution >= 4 is 33.2 Å². The maximum absolute atomic E-state index is 12.4. The molecule has 8 nitrogen and oxygen atoms in total. The summed E-state index contributed by atoms with van der Waals surface area (Å²) >= 11 is 1.16. The molecule has 2 amide bonds. The van der Waals surface area contributed by atoms with Crippen LogP contribution in [-0.2, 0) is 19.6 Å². The van der Waals surface area contributed by atoms with Crippen molar-refractivity contribution in [3.63, 3.8) is 0 Å². The Kier molecular flexibility index (Phi) is 6.16. The van der Waals surface area contributed by atoms with E-state index in [-0.39, 0.29) is 40.7 Å². The van der Waals surface area contributed by atoms with Crippen LogP contribution in [0.3, 0.4) is 0 Å². The Hall–Kier alpha value is -1.93. The third-order valence-electron chi connectivity index (χ3n) is 4.80. The summed E-state index contributed by atoms with van der Waals surface area (Å²) in [5, 5.41) is 7.20. The van der Waals surface area contributed by atoms with Crippen LogP contribution in [0.4, 0.5) is 0 Å². The number of nitrogens with one attached hydrogen (secondary N) is 3. The second-order valence-corrected chi connectivity index (χ2v) is 9.51. The molecule has 0 spiro atoms. The molecule has 0 bridgehead atoms. The van der Waals surface area contributed by atoms with Gasteiger partial charge in [0.25, 0.3) is 0 Å². The molecule has 3 atom stereocenters. The number of hydrogen-bond acceptors (Lipinski definition) is 6. The van der Waals surface area contributed by atoms with E-state index in [9.17, 15) is 18.0 Å². The zero-order chi connectivity index (χ0) is 19.4. The topological polar surface area (TPSA) is 108 Å². The Morgan fingerprint density at radius 1 is 1.48 bits per heavy atom. The SMILES string of the molecule is C#CCNC(=O)CCC1CNC(=O)C2CC(NS(=O)(=O)c3cccs3)CN12. The van der Waals surface area contributed by atoms with Gasteiger partial charge < -0.3 is 10.6 Å². The molecule has 3 rings (SSSR count). The highest BCUT2D eigenvalue weighted by molar-refractivity contribution is 7.91. The number of amides is 2. The highest BCUT2D eigenvalue weighted by atomic mass is 32.2. The Balaban J connectivity index is 1.61. The van der Waals surface area contributed by atoms with Crippen LogP contribution in [0.1, 0.15) is 19.3 Å². The summed E-state index contributed by atoms with van der Waals surface area (Å²) in [4.78, 5) is 26.0. The molecule has 2 aliphatic heterocycles. The fraction of sp³-hybridized carbons (Fsp3) is 0.529. The van der Waals surface area contributed by atoms with Gasteiger partial charge in [-0.1, -0.05) is 12.0 Å². The largest absolute Gasteiger partial charge is 0.353 e. The molecule has 2 aliphatic rings. The number of piperazine rings is 1. The summed E-state index contributed by atoms with van der Waals surface area (Å²) in [5.74, 6) is 2.13. The standard InChI is InChI=1S/C17H22N4O4S2/c1-2-7-18-15(22)6-5-13-10-19-17(23)14-9-12(11-21(13)14)20-27(24,25)16-4-3-8-26-16/h1,3-4,8,12-14,20H,5-7,9-11H2,(H,18,22)(H,19,23). The van der Waals surface area contributed by atoms with Gasteiger partial charge in [-0.25, -0.2) is 13.1 Å². The van der Waals surface area contributed by atoms with E-state index in [1.165, 1.54) is 0 Å². The van der Waals surface area contributed by atoms with Crippen molar-refractivity contribution in [1.29, 1.82) is 0 Å². The van der Waals surface area contributed by atoms with Crippen LogP contribution in [-0.4, -0.2) is 62.9 Å². The van der Waals surface area contributed by atoms with Crippen molar-refractivity contribution in [3.8, 4) is 12.3 Å². The summed E-state index contributed by atoms with van der Waals surface area (Å²) in [7, 11) is -3.59.